The number of anilines is 2. The minimum absolute atomic E-state index is 0.0905. The number of hydrogen-bond donors (Lipinski definition) is 3. The molecule has 4 aromatic heterocycles. The number of carbonyl (C=O) groups excluding carboxylic acids is 1. The van der Waals surface area contributed by atoms with Crippen LogP contribution in [0.1, 0.15) is 44.0 Å². The summed E-state index contributed by atoms with van der Waals surface area (Å²) in [7, 11) is 0. The van der Waals surface area contributed by atoms with Crippen molar-refractivity contribution < 1.29 is 13.9 Å². The number of aromatic nitrogens is 6. The molecule has 0 aliphatic heterocycles. The number of H-pyrrole nitrogens is 1. The number of halogens is 1. The molecule has 0 spiro atoms. The molecule has 0 aromatic carbocycles. The van der Waals surface area contributed by atoms with E-state index in [2.05, 4.69) is 41.9 Å². The van der Waals surface area contributed by atoms with Gasteiger partial charge in [-0.05, 0) is 32.8 Å². The fraction of sp³-hybridized carbons (Fsp3) is 0.333. The highest BCUT2D eigenvalue weighted by Gasteiger charge is 2.41. The van der Waals surface area contributed by atoms with Crippen LogP contribution in [0, 0.1) is 11.3 Å². The number of carbonyl (C=O) groups is 1. The second kappa shape index (κ2) is 9.61. The molecule has 0 radical (unpaired) electrons. The summed E-state index contributed by atoms with van der Waals surface area (Å²) >= 11 is 0. The van der Waals surface area contributed by atoms with E-state index in [0.717, 1.165) is 11.1 Å². The molecule has 1 saturated carbocycles. The van der Waals surface area contributed by atoms with E-state index in [0.29, 0.717) is 35.9 Å². The van der Waals surface area contributed by atoms with Gasteiger partial charge in [0.25, 0.3) is 0 Å². The summed E-state index contributed by atoms with van der Waals surface area (Å²) in [4.78, 5) is 24.9. The van der Waals surface area contributed by atoms with Crippen molar-refractivity contribution in [3.8, 4) is 17.2 Å². The predicted molar refractivity (Wildman–Crippen MR) is 128 cm³/mol. The number of nitrogens with one attached hydrogen (secondary N) is 3. The van der Waals surface area contributed by atoms with Gasteiger partial charge in [0.1, 0.15) is 18.3 Å². The number of aromatic amines is 1. The number of alkyl halides is 1. The monoisotopic (exact) mass is 489 g/mol. The average Bonchev–Trinajstić information content (AvgIpc) is 3.59. The van der Waals surface area contributed by atoms with Gasteiger partial charge in [-0.2, -0.15) is 10.4 Å². The Morgan fingerprint density at radius 2 is 2.22 bits per heavy atom. The topological polar surface area (TPSA) is 146 Å². The SMILES string of the molecule is CC(C)NC(=O)O[C@H]1CC[C@@H](c2cc(Nc3ncc(-c4cccnc4)c4nc(C#N)cn34)n[nH]2)[C@H]1F. The van der Waals surface area contributed by atoms with Crippen molar-refractivity contribution in [1.82, 2.24) is 34.9 Å². The summed E-state index contributed by atoms with van der Waals surface area (Å²) in [5.41, 5.74) is 2.89. The molecule has 0 bridgehead atoms. The van der Waals surface area contributed by atoms with Gasteiger partial charge < -0.3 is 15.4 Å². The van der Waals surface area contributed by atoms with Gasteiger partial charge in [-0.1, -0.05) is 6.07 Å². The molecule has 1 fully saturated rings. The van der Waals surface area contributed by atoms with E-state index in [4.69, 9.17) is 4.74 Å². The predicted octanol–water partition coefficient (Wildman–Crippen LogP) is 3.85. The number of imidazole rings is 1. The number of hydrogen-bond acceptors (Lipinski definition) is 8. The number of pyridine rings is 1. The van der Waals surface area contributed by atoms with Crippen molar-refractivity contribution >= 4 is 23.5 Å². The fourth-order valence-corrected chi connectivity index (χ4v) is 4.33. The molecule has 184 valence electrons. The second-order valence-corrected chi connectivity index (χ2v) is 8.87. The molecule has 11 nitrogen and oxygen atoms in total. The van der Waals surface area contributed by atoms with Crippen LogP contribution in [-0.4, -0.2) is 54.0 Å². The third-order valence-corrected chi connectivity index (χ3v) is 5.98. The van der Waals surface area contributed by atoms with E-state index in [1.807, 2.05) is 26.0 Å². The van der Waals surface area contributed by atoms with Crippen LogP contribution in [0.5, 0.6) is 0 Å². The summed E-state index contributed by atoms with van der Waals surface area (Å²) < 4.78 is 22.0. The van der Waals surface area contributed by atoms with E-state index in [-0.39, 0.29) is 11.7 Å². The lowest BCUT2D eigenvalue weighted by molar-refractivity contribution is 0.0555. The second-order valence-electron chi connectivity index (χ2n) is 8.87. The van der Waals surface area contributed by atoms with Crippen molar-refractivity contribution in [3.63, 3.8) is 0 Å². The maximum atomic E-state index is 15.1. The third-order valence-electron chi connectivity index (χ3n) is 5.98. The van der Waals surface area contributed by atoms with Crippen LogP contribution in [-0.2, 0) is 4.74 Å². The number of nitrogens with zero attached hydrogens (tertiary/aromatic N) is 6. The van der Waals surface area contributed by atoms with E-state index in [9.17, 15) is 10.1 Å². The normalized spacial score (nSPS) is 19.4. The first-order chi connectivity index (χ1) is 17.4. The van der Waals surface area contributed by atoms with Gasteiger partial charge in [-0.25, -0.2) is 19.2 Å². The molecule has 5 rings (SSSR count). The Kier molecular flexibility index (Phi) is 6.20. The van der Waals surface area contributed by atoms with E-state index >= 15 is 4.39 Å². The molecule has 4 aromatic rings. The summed E-state index contributed by atoms with van der Waals surface area (Å²) in [5, 5.41) is 22.3. The van der Waals surface area contributed by atoms with Crippen LogP contribution in [0.15, 0.2) is 43.0 Å². The molecule has 1 aliphatic rings. The maximum Gasteiger partial charge on any atom is 0.407 e. The molecule has 36 heavy (non-hydrogen) atoms. The molecule has 3 N–H and O–H groups in total. The largest absolute Gasteiger partial charge is 0.443 e. The Morgan fingerprint density at radius 3 is 2.97 bits per heavy atom. The van der Waals surface area contributed by atoms with Gasteiger partial charge in [0.05, 0.1) is 6.20 Å². The summed E-state index contributed by atoms with van der Waals surface area (Å²) in [6.07, 6.45) is 4.74. The first kappa shape index (κ1) is 23.2. The lowest BCUT2D eigenvalue weighted by Crippen LogP contribution is -2.36. The molecule has 12 heteroatoms. The highest BCUT2D eigenvalue weighted by atomic mass is 19.1. The Labute approximate surface area is 205 Å². The minimum Gasteiger partial charge on any atom is -0.443 e. The van der Waals surface area contributed by atoms with Gasteiger partial charge in [0, 0.05) is 53.4 Å². The minimum atomic E-state index is -1.35. The highest BCUT2D eigenvalue weighted by molar-refractivity contribution is 5.78. The van der Waals surface area contributed by atoms with Crippen LogP contribution in [0.2, 0.25) is 0 Å². The smallest absolute Gasteiger partial charge is 0.407 e. The Morgan fingerprint density at radius 1 is 1.36 bits per heavy atom. The van der Waals surface area contributed by atoms with Gasteiger partial charge in [-0.15, -0.1) is 0 Å². The molecule has 1 amide bonds. The summed E-state index contributed by atoms with van der Waals surface area (Å²) in [6.45, 7) is 3.62. The standard InChI is InChI=1S/C24H24FN9O2/c1-13(2)29-24(35)36-19-6-5-16(21(19)25)18-8-20(33-32-18)31-23-28-11-17(14-4-3-7-27-10-14)22-30-15(9-26)12-34(22)23/h3-4,7-8,10-13,16,19,21H,5-6H2,1-2H3,(H,29,35)(H2,28,31,32,33)/t16-,19-,21+/m0/s1. The Balaban J connectivity index is 1.35. The molecule has 3 atom stereocenters. The Bertz CT molecular complexity index is 1430. The summed E-state index contributed by atoms with van der Waals surface area (Å²) in [5.74, 6) is 0.331. The van der Waals surface area contributed by atoms with Gasteiger partial charge in [0.2, 0.25) is 5.95 Å². The number of nitriles is 1. The molecule has 0 saturated heterocycles. The van der Waals surface area contributed by atoms with Crippen molar-refractivity contribution in [3.05, 3.63) is 54.4 Å². The van der Waals surface area contributed by atoms with Gasteiger partial charge in [-0.3, -0.25) is 14.5 Å². The van der Waals surface area contributed by atoms with Crippen LogP contribution in [0.4, 0.5) is 21.0 Å². The van der Waals surface area contributed by atoms with Crippen LogP contribution in [0.25, 0.3) is 16.8 Å². The average molecular weight is 490 g/mol. The zero-order chi connectivity index (χ0) is 25.2. The van der Waals surface area contributed by atoms with Crippen LogP contribution in [0.3, 0.4) is 0 Å². The van der Waals surface area contributed by atoms with Crippen molar-refractivity contribution in [2.45, 2.75) is 50.9 Å². The number of fused-ring (bicyclic) bond motifs is 1. The van der Waals surface area contributed by atoms with Crippen molar-refractivity contribution in [2.24, 2.45) is 0 Å². The first-order valence-electron chi connectivity index (χ1n) is 11.5. The number of alkyl carbamates (subject to hydrolysis) is 1. The van der Waals surface area contributed by atoms with Crippen molar-refractivity contribution in [2.75, 3.05) is 5.32 Å². The lowest BCUT2D eigenvalue weighted by atomic mass is 10.0. The molecule has 0 unspecified atom stereocenters. The zero-order valence-electron chi connectivity index (χ0n) is 19.6. The molecule has 1 aliphatic carbocycles. The zero-order valence-corrected chi connectivity index (χ0v) is 19.6. The highest BCUT2D eigenvalue weighted by Crippen LogP contribution is 2.38. The number of amides is 1. The van der Waals surface area contributed by atoms with Gasteiger partial charge in [0.15, 0.2) is 17.2 Å². The summed E-state index contributed by atoms with van der Waals surface area (Å²) in [6, 6.07) is 7.37. The maximum absolute atomic E-state index is 15.1. The van der Waals surface area contributed by atoms with E-state index < -0.39 is 24.3 Å². The molecule has 4 heterocycles. The molecular formula is C24H24FN9O2. The van der Waals surface area contributed by atoms with Crippen LogP contribution >= 0.6 is 0 Å². The third kappa shape index (κ3) is 4.55. The van der Waals surface area contributed by atoms with Crippen molar-refractivity contribution in [1.29, 1.82) is 5.26 Å². The fourth-order valence-electron chi connectivity index (χ4n) is 4.33. The number of rotatable bonds is 6. The number of ether oxygens (including phenoxy) is 1. The first-order valence-corrected chi connectivity index (χ1v) is 11.5. The quantitative estimate of drug-likeness (QED) is 0.370. The van der Waals surface area contributed by atoms with Crippen LogP contribution < -0.4 is 10.6 Å². The lowest BCUT2D eigenvalue weighted by Gasteiger charge is -2.18. The van der Waals surface area contributed by atoms with E-state index in [1.54, 1.807) is 35.3 Å². The van der Waals surface area contributed by atoms with E-state index in [1.165, 1.54) is 0 Å². The Hall–Kier alpha value is -4.53. The van der Waals surface area contributed by atoms with Gasteiger partial charge >= 0.3 is 6.09 Å². The molecular weight excluding hydrogens is 465 g/mol.